The van der Waals surface area contributed by atoms with Gasteiger partial charge in [-0.3, -0.25) is 4.79 Å². The molecule has 1 aromatic rings. The molecule has 134 valence electrons. The first-order valence-corrected chi connectivity index (χ1v) is 10.1. The van der Waals surface area contributed by atoms with Gasteiger partial charge in [0.05, 0.1) is 12.2 Å². The molecule has 0 radical (unpaired) electrons. The van der Waals surface area contributed by atoms with Crippen molar-refractivity contribution in [2.75, 3.05) is 13.1 Å². The lowest BCUT2D eigenvalue weighted by molar-refractivity contribution is -0.138. The van der Waals surface area contributed by atoms with Gasteiger partial charge >= 0.3 is 0 Å². The lowest BCUT2D eigenvalue weighted by atomic mass is 10.0. The van der Waals surface area contributed by atoms with Crippen molar-refractivity contribution in [2.45, 2.75) is 57.2 Å². The van der Waals surface area contributed by atoms with E-state index >= 15 is 0 Å². The van der Waals surface area contributed by atoms with Crippen molar-refractivity contribution in [3.8, 4) is 0 Å². The molecule has 0 aromatic carbocycles. The molecule has 1 aliphatic heterocycles. The predicted octanol–water partition coefficient (Wildman–Crippen LogP) is 1.62. The maximum atomic E-state index is 12.3. The molecule has 24 heavy (non-hydrogen) atoms. The minimum atomic E-state index is -3.45. The monoisotopic (exact) mass is 355 g/mol. The Bertz CT molecular complexity index is 686. The van der Waals surface area contributed by atoms with Crippen LogP contribution in [0.2, 0.25) is 0 Å². The Hall–Kier alpha value is -1.41. The van der Waals surface area contributed by atoms with E-state index in [9.17, 15) is 13.2 Å². The Morgan fingerprint density at radius 1 is 1.38 bits per heavy atom. The summed E-state index contributed by atoms with van der Waals surface area (Å²) in [6.45, 7) is 4.66. The summed E-state index contributed by atoms with van der Waals surface area (Å²) in [5.41, 5.74) is 0.807. The van der Waals surface area contributed by atoms with E-state index in [-0.39, 0.29) is 37.4 Å². The molecule has 1 saturated heterocycles. The lowest BCUT2D eigenvalue weighted by Crippen LogP contribution is -2.60. The van der Waals surface area contributed by atoms with Crippen molar-refractivity contribution >= 4 is 15.9 Å². The number of sulfonamides is 1. The van der Waals surface area contributed by atoms with E-state index in [0.717, 1.165) is 31.4 Å². The smallest absolute Gasteiger partial charge is 0.225 e. The fraction of sp³-hybridized carbons (Fsp3) is 0.750. The number of nitrogens with one attached hydrogen (secondary N) is 1. The van der Waals surface area contributed by atoms with Crippen LogP contribution in [0.5, 0.6) is 0 Å². The van der Waals surface area contributed by atoms with Gasteiger partial charge in [-0.05, 0) is 18.8 Å². The summed E-state index contributed by atoms with van der Waals surface area (Å²) in [6.07, 6.45) is 4.08. The highest BCUT2D eigenvalue weighted by Gasteiger charge is 2.41. The largest absolute Gasteiger partial charge is 0.360 e. The summed E-state index contributed by atoms with van der Waals surface area (Å²) < 4.78 is 32.3. The first-order valence-electron chi connectivity index (χ1n) is 8.59. The predicted molar refractivity (Wildman–Crippen MR) is 88.7 cm³/mol. The summed E-state index contributed by atoms with van der Waals surface area (Å²) in [5, 5.41) is 3.38. The van der Waals surface area contributed by atoms with Crippen molar-refractivity contribution in [3.05, 3.63) is 17.5 Å². The average Bonchev–Trinajstić information content (AvgIpc) is 3.15. The van der Waals surface area contributed by atoms with Crippen LogP contribution < -0.4 is 4.72 Å². The molecule has 2 aliphatic rings. The summed E-state index contributed by atoms with van der Waals surface area (Å²) in [7, 11) is -3.45. The number of carbonyl (C=O) groups excluding carboxylic acids is 1. The number of hydrogen-bond donors (Lipinski definition) is 1. The molecule has 0 bridgehead atoms. The van der Waals surface area contributed by atoms with Gasteiger partial charge in [-0.1, -0.05) is 31.8 Å². The molecule has 2 fully saturated rings. The lowest BCUT2D eigenvalue weighted by Gasteiger charge is -2.39. The van der Waals surface area contributed by atoms with Crippen molar-refractivity contribution in [1.82, 2.24) is 14.8 Å². The number of rotatable bonds is 6. The molecule has 8 heteroatoms. The highest BCUT2D eigenvalue weighted by Crippen LogP contribution is 2.29. The van der Waals surface area contributed by atoms with E-state index in [0.29, 0.717) is 5.76 Å². The van der Waals surface area contributed by atoms with Crippen LogP contribution in [0.1, 0.15) is 56.9 Å². The van der Waals surface area contributed by atoms with Gasteiger partial charge in [-0.25, -0.2) is 13.1 Å². The molecular weight excluding hydrogens is 330 g/mol. The summed E-state index contributed by atoms with van der Waals surface area (Å²) in [5.74, 6) is 0.961. The van der Waals surface area contributed by atoms with Crippen LogP contribution in [-0.2, 0) is 21.4 Å². The zero-order valence-electron chi connectivity index (χ0n) is 14.2. The summed E-state index contributed by atoms with van der Waals surface area (Å²) in [6, 6.07) is 1.77. The van der Waals surface area contributed by atoms with Crippen LogP contribution in [0.25, 0.3) is 0 Å². The van der Waals surface area contributed by atoms with Crippen LogP contribution >= 0.6 is 0 Å². The molecule has 3 rings (SSSR count). The molecule has 0 unspecified atom stereocenters. The van der Waals surface area contributed by atoms with Gasteiger partial charge in [0.15, 0.2) is 5.76 Å². The van der Waals surface area contributed by atoms with Gasteiger partial charge in [-0.15, -0.1) is 0 Å². The van der Waals surface area contributed by atoms with E-state index in [2.05, 4.69) is 9.88 Å². The molecular formula is C16H25N3O4S. The van der Waals surface area contributed by atoms with Crippen LogP contribution in [0.4, 0.5) is 0 Å². The second kappa shape index (κ2) is 6.84. The topological polar surface area (TPSA) is 92.5 Å². The third-order valence-corrected chi connectivity index (χ3v) is 6.64. The minimum absolute atomic E-state index is 0.0924. The quantitative estimate of drug-likeness (QED) is 0.837. The van der Waals surface area contributed by atoms with Crippen LogP contribution in [0, 0.1) is 5.92 Å². The third kappa shape index (κ3) is 3.64. The van der Waals surface area contributed by atoms with Crippen molar-refractivity contribution in [1.29, 1.82) is 0 Å². The van der Waals surface area contributed by atoms with E-state index in [1.54, 1.807) is 11.0 Å². The molecule has 0 atom stereocenters. The average molecular weight is 355 g/mol. The van der Waals surface area contributed by atoms with Gasteiger partial charge in [-0.2, -0.15) is 0 Å². The summed E-state index contributed by atoms with van der Waals surface area (Å²) >= 11 is 0. The molecule has 2 heterocycles. The zero-order valence-corrected chi connectivity index (χ0v) is 15.0. The number of aromatic nitrogens is 1. The van der Waals surface area contributed by atoms with Gasteiger partial charge in [0.1, 0.15) is 5.25 Å². The molecule has 7 nitrogen and oxygen atoms in total. The molecule has 1 amide bonds. The highest BCUT2D eigenvalue weighted by molar-refractivity contribution is 7.90. The van der Waals surface area contributed by atoms with Crippen LogP contribution in [0.15, 0.2) is 10.6 Å². The van der Waals surface area contributed by atoms with Crippen molar-refractivity contribution in [3.63, 3.8) is 0 Å². The molecule has 1 N–H and O–H groups in total. The summed E-state index contributed by atoms with van der Waals surface area (Å²) in [4.78, 5) is 13.9. The number of amides is 1. The minimum Gasteiger partial charge on any atom is -0.360 e. The third-order valence-electron chi connectivity index (χ3n) is 4.92. The Labute approximate surface area is 142 Å². The number of likely N-dealkylation sites (tertiary alicyclic amines) is 1. The van der Waals surface area contributed by atoms with Gasteiger partial charge in [0, 0.05) is 25.1 Å². The van der Waals surface area contributed by atoms with E-state index in [1.807, 2.05) is 13.8 Å². The number of carbonyl (C=O) groups is 1. The van der Waals surface area contributed by atoms with Crippen LogP contribution in [0.3, 0.4) is 0 Å². The fourth-order valence-electron chi connectivity index (χ4n) is 3.22. The second-order valence-electron chi connectivity index (χ2n) is 7.09. The maximum absolute atomic E-state index is 12.3. The Morgan fingerprint density at radius 3 is 2.62 bits per heavy atom. The van der Waals surface area contributed by atoms with Gasteiger partial charge in [0.25, 0.3) is 0 Å². The molecule has 0 spiro atoms. The van der Waals surface area contributed by atoms with Crippen LogP contribution in [-0.4, -0.2) is 42.7 Å². The highest BCUT2D eigenvalue weighted by atomic mass is 32.2. The second-order valence-corrected chi connectivity index (χ2v) is 9.13. The van der Waals surface area contributed by atoms with E-state index in [1.165, 1.54) is 0 Å². The standard InChI is InChI=1S/C16H25N3O4S/c1-11(2)15-7-13(23-18-15)8-17-24(21,22)14-9-19(10-14)16(20)12-5-3-4-6-12/h7,11-12,14,17H,3-6,8-10H2,1-2H3. The van der Waals surface area contributed by atoms with Gasteiger partial charge < -0.3 is 9.42 Å². The zero-order chi connectivity index (χ0) is 17.3. The number of hydrogen-bond acceptors (Lipinski definition) is 5. The van der Waals surface area contributed by atoms with Crippen molar-refractivity contribution in [2.24, 2.45) is 5.92 Å². The Balaban J connectivity index is 1.49. The van der Waals surface area contributed by atoms with E-state index in [4.69, 9.17) is 4.52 Å². The maximum Gasteiger partial charge on any atom is 0.225 e. The normalized spacial score (nSPS) is 19.9. The SMILES string of the molecule is CC(C)c1cc(CNS(=O)(=O)C2CN(C(=O)C3CCCC3)C2)on1. The Kier molecular flexibility index (Phi) is 4.96. The van der Waals surface area contributed by atoms with Gasteiger partial charge in [0.2, 0.25) is 15.9 Å². The first kappa shape index (κ1) is 17.4. The first-order chi connectivity index (χ1) is 11.4. The molecule has 1 aromatic heterocycles. The Morgan fingerprint density at radius 2 is 2.04 bits per heavy atom. The molecule has 1 aliphatic carbocycles. The fourth-order valence-corrected chi connectivity index (χ4v) is 4.55. The van der Waals surface area contributed by atoms with E-state index < -0.39 is 15.3 Å². The molecule has 1 saturated carbocycles. The van der Waals surface area contributed by atoms with Crippen molar-refractivity contribution < 1.29 is 17.7 Å². The number of nitrogens with zero attached hydrogens (tertiary/aromatic N) is 2.